The fraction of sp³-hybridized carbons (Fsp3) is 0.619. The lowest BCUT2D eigenvalue weighted by atomic mass is 10.1. The van der Waals surface area contributed by atoms with Crippen LogP contribution in [-0.4, -0.2) is 58.5 Å². The monoisotopic (exact) mass is 485 g/mol. The molecule has 2 aromatic heterocycles. The molecule has 2 unspecified atom stereocenters. The van der Waals surface area contributed by atoms with Crippen LogP contribution in [0.2, 0.25) is 5.02 Å². The van der Waals surface area contributed by atoms with Crippen LogP contribution in [0, 0.1) is 11.8 Å². The summed E-state index contributed by atoms with van der Waals surface area (Å²) in [5.41, 5.74) is 5.86. The summed E-state index contributed by atoms with van der Waals surface area (Å²) in [6.07, 6.45) is 3.81. The van der Waals surface area contributed by atoms with E-state index in [0.29, 0.717) is 42.1 Å². The number of hydrogen-bond donors (Lipinski definition) is 1. The molecule has 1 fully saturated rings. The summed E-state index contributed by atoms with van der Waals surface area (Å²) < 4.78 is 36.8. The summed E-state index contributed by atoms with van der Waals surface area (Å²) in [7, 11) is -0.539. The lowest BCUT2D eigenvalue weighted by molar-refractivity contribution is 0.204. The lowest BCUT2D eigenvalue weighted by Gasteiger charge is -2.26. The third-order valence-corrected chi connectivity index (χ3v) is 7.25. The number of ether oxygens (including phenoxy) is 1. The molecule has 2 heterocycles. The van der Waals surface area contributed by atoms with E-state index in [1.54, 1.807) is 19.4 Å². The Morgan fingerprint density at radius 1 is 1.41 bits per heavy atom. The Kier molecular flexibility index (Phi) is 7.09. The molecular formula is C21H32ClN5O4S. The molecule has 0 bridgehead atoms. The fourth-order valence-corrected chi connectivity index (χ4v) is 4.12. The number of nitrogens with zero attached hydrogens (tertiary/aromatic N) is 4. The maximum atomic E-state index is 12.3. The van der Waals surface area contributed by atoms with Crippen molar-refractivity contribution in [1.82, 2.24) is 9.97 Å². The summed E-state index contributed by atoms with van der Waals surface area (Å²) in [6.45, 7) is 7.72. The van der Waals surface area contributed by atoms with Crippen molar-refractivity contribution in [3.63, 3.8) is 0 Å². The first-order valence-corrected chi connectivity index (χ1v) is 12.7. The third kappa shape index (κ3) is 5.54. The van der Waals surface area contributed by atoms with Gasteiger partial charge in [-0.05, 0) is 38.2 Å². The molecule has 1 saturated carbocycles. The largest absolute Gasteiger partial charge is 0.439 e. The third-order valence-electron chi connectivity index (χ3n) is 5.71. The average molecular weight is 486 g/mol. The smallest absolute Gasteiger partial charge is 0.233 e. The van der Waals surface area contributed by atoms with Crippen molar-refractivity contribution in [2.24, 2.45) is 17.6 Å². The van der Waals surface area contributed by atoms with Crippen molar-refractivity contribution in [3.8, 4) is 11.5 Å². The average Bonchev–Trinajstić information content (AvgIpc) is 3.16. The number of halogens is 1. The van der Waals surface area contributed by atoms with Crippen molar-refractivity contribution in [3.05, 3.63) is 23.0 Å². The van der Waals surface area contributed by atoms with E-state index in [2.05, 4.69) is 21.8 Å². The maximum absolute atomic E-state index is 12.3. The lowest BCUT2D eigenvalue weighted by Crippen LogP contribution is -2.32. The van der Waals surface area contributed by atoms with Crippen LogP contribution in [0.3, 0.4) is 0 Å². The van der Waals surface area contributed by atoms with Gasteiger partial charge in [-0.25, -0.2) is 18.4 Å². The number of aromatic nitrogens is 2. The Morgan fingerprint density at radius 2 is 2.06 bits per heavy atom. The SMILES string of the molecule is COCCN(CC1CC1C)c1cc(-c2ncc(C(C)(C)N)o2)c(Cl)c(N(C)S(C)(=O)=O)n1. The Morgan fingerprint density at radius 3 is 2.56 bits per heavy atom. The van der Waals surface area contributed by atoms with Gasteiger partial charge in [0, 0.05) is 27.2 Å². The van der Waals surface area contributed by atoms with Gasteiger partial charge in [0.2, 0.25) is 15.9 Å². The zero-order valence-corrected chi connectivity index (χ0v) is 21.0. The molecule has 9 nitrogen and oxygen atoms in total. The second-order valence-electron chi connectivity index (χ2n) is 9.06. The van der Waals surface area contributed by atoms with Gasteiger partial charge in [0.25, 0.3) is 0 Å². The van der Waals surface area contributed by atoms with Crippen molar-refractivity contribution < 1.29 is 17.6 Å². The molecular weight excluding hydrogens is 454 g/mol. The van der Waals surface area contributed by atoms with E-state index < -0.39 is 15.6 Å². The summed E-state index contributed by atoms with van der Waals surface area (Å²) >= 11 is 6.65. The Labute approximate surface area is 194 Å². The van der Waals surface area contributed by atoms with Gasteiger partial charge < -0.3 is 19.8 Å². The molecule has 0 saturated heterocycles. The van der Waals surface area contributed by atoms with Gasteiger partial charge in [0.1, 0.15) is 11.6 Å². The van der Waals surface area contributed by atoms with Gasteiger partial charge in [-0.15, -0.1) is 0 Å². The molecule has 178 valence electrons. The molecule has 3 rings (SSSR count). The number of rotatable bonds is 10. The van der Waals surface area contributed by atoms with Crippen molar-refractivity contribution in [1.29, 1.82) is 0 Å². The number of methoxy groups -OCH3 is 1. The first-order chi connectivity index (χ1) is 14.8. The number of pyridine rings is 1. The van der Waals surface area contributed by atoms with Gasteiger partial charge in [0.05, 0.1) is 35.2 Å². The molecule has 2 atom stereocenters. The Hall–Kier alpha value is -1.88. The van der Waals surface area contributed by atoms with Crippen LogP contribution < -0.4 is 14.9 Å². The molecule has 0 radical (unpaired) electrons. The standard InChI is InChI=1S/C21H32ClN5O4S/c1-13-9-14(13)12-27(7-8-30-5)17-10-15(20-24-11-16(31-20)21(2,3)23)18(22)19(25-17)26(4)32(6,28)29/h10-11,13-14H,7-9,12,23H2,1-6H3. The highest BCUT2D eigenvalue weighted by molar-refractivity contribution is 7.92. The Balaban J connectivity index is 2.14. The molecule has 0 aromatic carbocycles. The van der Waals surface area contributed by atoms with Crippen molar-refractivity contribution >= 4 is 33.3 Å². The summed E-state index contributed by atoms with van der Waals surface area (Å²) in [5.74, 6) is 2.63. The molecule has 0 aliphatic heterocycles. The molecule has 0 amide bonds. The quantitative estimate of drug-likeness (QED) is 0.545. The van der Waals surface area contributed by atoms with Crippen LogP contribution in [0.1, 0.15) is 33.0 Å². The van der Waals surface area contributed by atoms with E-state index in [1.165, 1.54) is 7.05 Å². The topological polar surface area (TPSA) is 115 Å². The van der Waals surface area contributed by atoms with Gasteiger partial charge >= 0.3 is 0 Å². The highest BCUT2D eigenvalue weighted by Gasteiger charge is 2.35. The number of oxazole rings is 1. The highest BCUT2D eigenvalue weighted by Crippen LogP contribution is 2.41. The number of nitrogens with two attached hydrogens (primary N) is 1. The zero-order valence-electron chi connectivity index (χ0n) is 19.4. The molecule has 1 aliphatic carbocycles. The minimum absolute atomic E-state index is 0.111. The highest BCUT2D eigenvalue weighted by atomic mass is 35.5. The molecule has 11 heteroatoms. The van der Waals surface area contributed by atoms with E-state index in [0.717, 1.165) is 23.5 Å². The number of hydrogen-bond acceptors (Lipinski definition) is 8. The van der Waals surface area contributed by atoms with E-state index in [9.17, 15) is 8.42 Å². The Bertz CT molecular complexity index is 1070. The van der Waals surface area contributed by atoms with Crippen molar-refractivity contribution in [2.45, 2.75) is 32.7 Å². The van der Waals surface area contributed by atoms with Crippen molar-refractivity contribution in [2.75, 3.05) is 49.3 Å². The first-order valence-electron chi connectivity index (χ1n) is 10.5. The van der Waals surface area contributed by atoms with Gasteiger partial charge in [-0.3, -0.25) is 4.31 Å². The van der Waals surface area contributed by atoms with Crippen LogP contribution in [0.15, 0.2) is 16.7 Å². The molecule has 2 aromatic rings. The summed E-state index contributed by atoms with van der Waals surface area (Å²) in [4.78, 5) is 11.1. The number of anilines is 2. The van der Waals surface area contributed by atoms with Gasteiger partial charge in [-0.1, -0.05) is 18.5 Å². The second-order valence-corrected chi connectivity index (χ2v) is 11.5. The molecule has 32 heavy (non-hydrogen) atoms. The van der Waals surface area contributed by atoms with Crippen LogP contribution in [0.4, 0.5) is 11.6 Å². The second kappa shape index (κ2) is 9.17. The van der Waals surface area contributed by atoms with E-state index >= 15 is 0 Å². The molecule has 0 spiro atoms. The first kappa shape index (κ1) is 24.8. The summed E-state index contributed by atoms with van der Waals surface area (Å²) in [5, 5.41) is 0.136. The molecule has 2 N–H and O–H groups in total. The predicted octanol–water partition coefficient (Wildman–Crippen LogP) is 3.09. The zero-order chi connectivity index (χ0) is 23.8. The number of sulfonamides is 1. The van der Waals surface area contributed by atoms with Gasteiger partial charge in [-0.2, -0.15) is 0 Å². The normalized spacial score (nSPS) is 18.6. The van der Waals surface area contributed by atoms with E-state index in [-0.39, 0.29) is 16.7 Å². The summed E-state index contributed by atoms with van der Waals surface area (Å²) in [6, 6.07) is 1.78. The van der Waals surface area contributed by atoms with Crippen LogP contribution in [0.25, 0.3) is 11.5 Å². The minimum Gasteiger partial charge on any atom is -0.439 e. The predicted molar refractivity (Wildman–Crippen MR) is 127 cm³/mol. The van der Waals surface area contributed by atoms with E-state index in [4.69, 9.17) is 26.5 Å². The van der Waals surface area contributed by atoms with E-state index in [1.807, 2.05) is 13.8 Å². The van der Waals surface area contributed by atoms with Gasteiger partial charge in [0.15, 0.2) is 5.82 Å². The minimum atomic E-state index is -3.60. The van der Waals surface area contributed by atoms with Crippen LogP contribution in [-0.2, 0) is 20.3 Å². The fourth-order valence-electron chi connectivity index (χ4n) is 3.32. The van der Waals surface area contributed by atoms with Crippen LogP contribution in [0.5, 0.6) is 0 Å². The van der Waals surface area contributed by atoms with Crippen LogP contribution >= 0.6 is 11.6 Å². The maximum Gasteiger partial charge on any atom is 0.233 e. The molecule has 1 aliphatic rings.